The van der Waals surface area contributed by atoms with Crippen LogP contribution in [0.5, 0.6) is 0 Å². The van der Waals surface area contributed by atoms with Crippen LogP contribution in [0.1, 0.15) is 27.1 Å². The zero-order valence-corrected chi connectivity index (χ0v) is 12.2. The Morgan fingerprint density at radius 3 is 2.55 bits per heavy atom. The third-order valence-electron chi connectivity index (χ3n) is 3.40. The van der Waals surface area contributed by atoms with Crippen LogP contribution in [0.15, 0.2) is 47.1 Å². The van der Waals surface area contributed by atoms with Crippen LogP contribution < -0.4 is 0 Å². The molecule has 0 spiro atoms. The number of furan rings is 1. The van der Waals surface area contributed by atoms with E-state index in [1.54, 1.807) is 28.8 Å². The van der Waals surface area contributed by atoms with Gasteiger partial charge in [0.2, 0.25) is 0 Å². The predicted octanol–water partition coefficient (Wildman–Crippen LogP) is 4.19. The number of hydrogen-bond donors (Lipinski definition) is 0. The Hall–Kier alpha value is -1.89. The third kappa shape index (κ3) is 2.85. The van der Waals surface area contributed by atoms with Crippen LogP contribution >= 0.6 is 11.8 Å². The summed E-state index contributed by atoms with van der Waals surface area (Å²) in [6.45, 7) is 0.538. The minimum absolute atomic E-state index is 0.232. The van der Waals surface area contributed by atoms with Crippen LogP contribution in [0.3, 0.4) is 0 Å². The number of amides is 1. The lowest BCUT2D eigenvalue weighted by atomic mass is 10.1. The number of hydrogen-bond acceptors (Lipinski definition) is 3. The Morgan fingerprint density at radius 1 is 1.23 bits per heavy atom. The maximum atomic E-state index is 12.6. The van der Waals surface area contributed by atoms with Gasteiger partial charge in [-0.05, 0) is 36.4 Å². The fourth-order valence-electron chi connectivity index (χ4n) is 2.31. The van der Waals surface area contributed by atoms with E-state index >= 15 is 0 Å². The van der Waals surface area contributed by atoms with Crippen molar-refractivity contribution in [1.82, 2.24) is 4.90 Å². The molecule has 1 aliphatic heterocycles. The number of halogens is 3. The van der Waals surface area contributed by atoms with Crippen molar-refractivity contribution in [3.8, 4) is 0 Å². The summed E-state index contributed by atoms with van der Waals surface area (Å²) in [6.07, 6.45) is -2.86. The standard InChI is InChI=1S/C15H12F3NO2S/c16-15(17,18)11-5-3-10(4-6-11)13(20)19-7-9-22-14(19)12-2-1-8-21-12/h1-6,8,14H,7,9H2. The Labute approximate surface area is 129 Å². The smallest absolute Gasteiger partial charge is 0.416 e. The molecule has 0 N–H and O–H groups in total. The number of rotatable bonds is 2. The van der Waals surface area contributed by atoms with E-state index in [2.05, 4.69) is 0 Å². The van der Waals surface area contributed by atoms with Gasteiger partial charge in [0.05, 0.1) is 11.8 Å². The van der Waals surface area contributed by atoms with Gasteiger partial charge in [-0.1, -0.05) is 0 Å². The van der Waals surface area contributed by atoms with Crippen LogP contribution in [0.4, 0.5) is 13.2 Å². The average Bonchev–Trinajstić information content (AvgIpc) is 3.16. The van der Waals surface area contributed by atoms with Crippen molar-refractivity contribution in [3.05, 3.63) is 59.5 Å². The summed E-state index contributed by atoms with van der Waals surface area (Å²) in [4.78, 5) is 14.1. The lowest BCUT2D eigenvalue weighted by molar-refractivity contribution is -0.137. The highest BCUT2D eigenvalue weighted by atomic mass is 32.2. The summed E-state index contributed by atoms with van der Waals surface area (Å²) in [5, 5.41) is -0.232. The minimum atomic E-state index is -4.40. The number of nitrogens with zero attached hydrogens (tertiary/aromatic N) is 1. The molecule has 2 aromatic rings. The zero-order chi connectivity index (χ0) is 15.7. The van der Waals surface area contributed by atoms with Gasteiger partial charge >= 0.3 is 6.18 Å². The van der Waals surface area contributed by atoms with Gasteiger partial charge in [-0.15, -0.1) is 11.8 Å². The summed E-state index contributed by atoms with van der Waals surface area (Å²) in [7, 11) is 0. The van der Waals surface area contributed by atoms with Gasteiger partial charge < -0.3 is 9.32 Å². The van der Waals surface area contributed by atoms with Crippen LogP contribution in [-0.2, 0) is 6.18 Å². The monoisotopic (exact) mass is 327 g/mol. The normalized spacial score (nSPS) is 18.7. The first-order chi connectivity index (χ1) is 10.5. The van der Waals surface area contributed by atoms with Gasteiger partial charge in [0.1, 0.15) is 11.1 Å². The molecule has 0 aliphatic carbocycles. The molecule has 3 nitrogen and oxygen atoms in total. The first-order valence-corrected chi connectivity index (χ1v) is 7.65. The fourth-order valence-corrected chi connectivity index (χ4v) is 3.52. The second kappa shape index (κ2) is 5.72. The van der Waals surface area contributed by atoms with Crippen molar-refractivity contribution >= 4 is 17.7 Å². The molecular formula is C15H12F3NO2S. The van der Waals surface area contributed by atoms with Gasteiger partial charge in [-0.3, -0.25) is 4.79 Å². The fraction of sp³-hybridized carbons (Fsp3) is 0.267. The van der Waals surface area contributed by atoms with Gasteiger partial charge in [0.15, 0.2) is 0 Å². The van der Waals surface area contributed by atoms with Crippen molar-refractivity contribution in [3.63, 3.8) is 0 Å². The van der Waals surface area contributed by atoms with E-state index in [0.717, 1.165) is 17.9 Å². The zero-order valence-electron chi connectivity index (χ0n) is 11.3. The van der Waals surface area contributed by atoms with Crippen molar-refractivity contribution in [2.45, 2.75) is 11.6 Å². The topological polar surface area (TPSA) is 33.5 Å². The molecule has 0 radical (unpaired) electrons. The number of carbonyl (C=O) groups is 1. The molecule has 3 rings (SSSR count). The van der Waals surface area contributed by atoms with Crippen LogP contribution in [-0.4, -0.2) is 23.1 Å². The molecule has 1 fully saturated rings. The molecule has 1 aromatic carbocycles. The molecule has 1 atom stereocenters. The largest absolute Gasteiger partial charge is 0.466 e. The van der Waals surface area contributed by atoms with Gasteiger partial charge in [0.25, 0.3) is 5.91 Å². The summed E-state index contributed by atoms with van der Waals surface area (Å²) in [6, 6.07) is 7.82. The number of thioether (sulfide) groups is 1. The molecule has 1 aliphatic rings. The van der Waals surface area contributed by atoms with E-state index < -0.39 is 11.7 Å². The summed E-state index contributed by atoms with van der Waals surface area (Å²) in [5.74, 6) is 1.14. The van der Waals surface area contributed by atoms with E-state index in [-0.39, 0.29) is 16.8 Å². The van der Waals surface area contributed by atoms with Crippen LogP contribution in [0.2, 0.25) is 0 Å². The number of alkyl halides is 3. The Morgan fingerprint density at radius 2 is 1.95 bits per heavy atom. The second-order valence-electron chi connectivity index (χ2n) is 4.81. The molecule has 1 saturated heterocycles. The highest BCUT2D eigenvalue weighted by Crippen LogP contribution is 2.39. The summed E-state index contributed by atoms with van der Waals surface area (Å²) >= 11 is 1.57. The quantitative estimate of drug-likeness (QED) is 0.829. The maximum Gasteiger partial charge on any atom is 0.416 e. The molecule has 116 valence electrons. The molecule has 2 heterocycles. The lowest BCUT2D eigenvalue weighted by Gasteiger charge is -2.22. The molecule has 1 unspecified atom stereocenters. The number of carbonyl (C=O) groups excluding carboxylic acids is 1. The lowest BCUT2D eigenvalue weighted by Crippen LogP contribution is -2.30. The molecule has 7 heteroatoms. The summed E-state index contributed by atoms with van der Waals surface area (Å²) < 4.78 is 43.0. The highest BCUT2D eigenvalue weighted by molar-refractivity contribution is 7.99. The van der Waals surface area contributed by atoms with Crippen molar-refractivity contribution < 1.29 is 22.4 Å². The molecule has 22 heavy (non-hydrogen) atoms. The van der Waals surface area contributed by atoms with Crippen molar-refractivity contribution in [2.24, 2.45) is 0 Å². The van der Waals surface area contributed by atoms with Crippen molar-refractivity contribution in [1.29, 1.82) is 0 Å². The SMILES string of the molecule is O=C(c1ccc(C(F)(F)F)cc1)N1CCSC1c1ccco1. The average molecular weight is 327 g/mol. The second-order valence-corrected chi connectivity index (χ2v) is 6.00. The molecule has 0 bridgehead atoms. The van der Waals surface area contributed by atoms with E-state index in [1.165, 1.54) is 18.4 Å². The third-order valence-corrected chi connectivity index (χ3v) is 4.62. The molecule has 1 aromatic heterocycles. The summed E-state index contributed by atoms with van der Waals surface area (Å²) in [5.41, 5.74) is -0.519. The minimum Gasteiger partial charge on any atom is -0.466 e. The predicted molar refractivity (Wildman–Crippen MR) is 76.4 cm³/mol. The van der Waals surface area contributed by atoms with E-state index in [1.807, 2.05) is 0 Å². The molecule has 1 amide bonds. The van der Waals surface area contributed by atoms with Gasteiger partial charge in [-0.25, -0.2) is 0 Å². The van der Waals surface area contributed by atoms with Crippen LogP contribution in [0.25, 0.3) is 0 Å². The van der Waals surface area contributed by atoms with E-state index in [0.29, 0.717) is 12.3 Å². The Balaban J connectivity index is 1.81. The first kappa shape index (κ1) is 15.0. The number of benzene rings is 1. The van der Waals surface area contributed by atoms with E-state index in [4.69, 9.17) is 4.42 Å². The van der Waals surface area contributed by atoms with Gasteiger partial charge in [-0.2, -0.15) is 13.2 Å². The highest BCUT2D eigenvalue weighted by Gasteiger charge is 2.34. The van der Waals surface area contributed by atoms with E-state index in [9.17, 15) is 18.0 Å². The molecular weight excluding hydrogens is 315 g/mol. The van der Waals surface area contributed by atoms with Crippen molar-refractivity contribution in [2.75, 3.05) is 12.3 Å². The Kier molecular flexibility index (Phi) is 3.90. The van der Waals surface area contributed by atoms with Crippen LogP contribution in [0, 0.1) is 0 Å². The maximum absolute atomic E-state index is 12.6. The molecule has 0 saturated carbocycles. The van der Waals surface area contributed by atoms with Gasteiger partial charge in [0, 0.05) is 17.9 Å². The Bertz CT molecular complexity index is 652. The first-order valence-electron chi connectivity index (χ1n) is 6.60.